The molecule has 2 aromatic rings. The Balaban J connectivity index is 1.66. The molecule has 2 heterocycles. The number of anilines is 1. The Morgan fingerprint density at radius 2 is 2.26 bits per heavy atom. The Hall–Kier alpha value is -2.21. The third kappa shape index (κ3) is 2.34. The van der Waals surface area contributed by atoms with E-state index in [1.165, 1.54) is 16.2 Å². The summed E-state index contributed by atoms with van der Waals surface area (Å²) in [4.78, 5) is 29.4. The molecule has 0 fully saturated rings. The molecule has 2 amide bonds. The van der Waals surface area contributed by atoms with E-state index in [-0.39, 0.29) is 18.4 Å². The van der Waals surface area contributed by atoms with Crippen LogP contribution in [0.4, 0.5) is 5.13 Å². The predicted octanol–water partition coefficient (Wildman–Crippen LogP) is 1.74. The van der Waals surface area contributed by atoms with Gasteiger partial charge in [-0.2, -0.15) is 0 Å². The van der Waals surface area contributed by atoms with Crippen LogP contribution in [-0.2, 0) is 11.3 Å². The molecule has 0 unspecified atom stereocenters. The summed E-state index contributed by atoms with van der Waals surface area (Å²) >= 11 is 1.35. The zero-order valence-electron chi connectivity index (χ0n) is 10.00. The summed E-state index contributed by atoms with van der Waals surface area (Å²) in [6.07, 6.45) is 1.62. The van der Waals surface area contributed by atoms with Gasteiger partial charge in [-0.15, -0.1) is 11.3 Å². The van der Waals surface area contributed by atoms with Crippen molar-refractivity contribution in [2.45, 2.75) is 6.54 Å². The molecule has 6 heteroatoms. The van der Waals surface area contributed by atoms with Crippen LogP contribution in [0.2, 0.25) is 0 Å². The highest BCUT2D eigenvalue weighted by Gasteiger charge is 2.28. The molecule has 1 aromatic heterocycles. The third-order valence-corrected chi connectivity index (χ3v) is 3.60. The van der Waals surface area contributed by atoms with Gasteiger partial charge in [0.1, 0.15) is 6.54 Å². The van der Waals surface area contributed by atoms with Gasteiger partial charge in [-0.25, -0.2) is 4.98 Å². The topological polar surface area (TPSA) is 62.3 Å². The Labute approximate surface area is 113 Å². The molecule has 1 N–H and O–H groups in total. The second kappa shape index (κ2) is 4.81. The van der Waals surface area contributed by atoms with Gasteiger partial charge in [0.15, 0.2) is 5.13 Å². The molecular formula is C13H11N3O2S. The first kappa shape index (κ1) is 11.9. The molecule has 3 rings (SSSR count). The van der Waals surface area contributed by atoms with Crippen LogP contribution in [0.3, 0.4) is 0 Å². The second-order valence-corrected chi connectivity index (χ2v) is 5.10. The van der Waals surface area contributed by atoms with Crippen molar-refractivity contribution in [3.8, 4) is 0 Å². The lowest BCUT2D eigenvalue weighted by Crippen LogP contribution is -2.33. The first-order valence-corrected chi connectivity index (χ1v) is 6.68. The van der Waals surface area contributed by atoms with E-state index in [1.807, 2.05) is 18.2 Å². The fraction of sp³-hybridized carbons (Fsp3) is 0.154. The quantitative estimate of drug-likeness (QED) is 0.926. The molecule has 0 atom stereocenters. The van der Waals surface area contributed by atoms with Crippen LogP contribution >= 0.6 is 11.3 Å². The van der Waals surface area contributed by atoms with Crippen LogP contribution in [0.25, 0.3) is 0 Å². The number of benzene rings is 1. The van der Waals surface area contributed by atoms with Crippen LogP contribution in [-0.4, -0.2) is 28.2 Å². The van der Waals surface area contributed by atoms with Gasteiger partial charge < -0.3 is 10.2 Å². The summed E-state index contributed by atoms with van der Waals surface area (Å²) in [7, 11) is 0. The molecule has 96 valence electrons. The number of amides is 2. The highest BCUT2D eigenvalue weighted by molar-refractivity contribution is 7.13. The van der Waals surface area contributed by atoms with Crippen molar-refractivity contribution < 1.29 is 9.59 Å². The number of carbonyl (C=O) groups excluding carboxylic acids is 2. The Morgan fingerprint density at radius 3 is 3.00 bits per heavy atom. The molecule has 1 aromatic carbocycles. The summed E-state index contributed by atoms with van der Waals surface area (Å²) in [5.41, 5.74) is 1.65. The molecule has 0 saturated carbocycles. The summed E-state index contributed by atoms with van der Waals surface area (Å²) in [6.45, 7) is 0.535. The number of hydrogen-bond acceptors (Lipinski definition) is 4. The van der Waals surface area contributed by atoms with E-state index < -0.39 is 0 Å². The highest BCUT2D eigenvalue weighted by atomic mass is 32.1. The Bertz CT molecular complexity index is 625. The molecule has 19 heavy (non-hydrogen) atoms. The summed E-state index contributed by atoms with van der Waals surface area (Å²) in [5.74, 6) is -0.319. The molecule has 0 radical (unpaired) electrons. The van der Waals surface area contributed by atoms with Gasteiger partial charge in [-0.05, 0) is 11.6 Å². The molecule has 0 aliphatic carbocycles. The van der Waals surface area contributed by atoms with Crippen molar-refractivity contribution in [3.63, 3.8) is 0 Å². The summed E-state index contributed by atoms with van der Waals surface area (Å²) < 4.78 is 0. The zero-order valence-corrected chi connectivity index (χ0v) is 10.8. The fourth-order valence-electron chi connectivity index (χ4n) is 2.06. The molecule has 0 bridgehead atoms. The molecule has 0 saturated heterocycles. The van der Waals surface area contributed by atoms with Crippen molar-refractivity contribution in [3.05, 3.63) is 47.0 Å². The van der Waals surface area contributed by atoms with Gasteiger partial charge >= 0.3 is 0 Å². The minimum absolute atomic E-state index is 0.0487. The third-order valence-electron chi connectivity index (χ3n) is 2.91. The zero-order chi connectivity index (χ0) is 13.2. The van der Waals surface area contributed by atoms with Gasteiger partial charge in [0, 0.05) is 23.7 Å². The molecule has 0 spiro atoms. The van der Waals surface area contributed by atoms with Gasteiger partial charge in [-0.1, -0.05) is 18.2 Å². The molecule has 5 nitrogen and oxygen atoms in total. The normalized spacial score (nSPS) is 13.5. The van der Waals surface area contributed by atoms with Crippen LogP contribution < -0.4 is 5.32 Å². The second-order valence-electron chi connectivity index (χ2n) is 4.20. The number of hydrogen-bond donors (Lipinski definition) is 1. The maximum atomic E-state index is 12.1. The highest BCUT2D eigenvalue weighted by Crippen LogP contribution is 2.22. The van der Waals surface area contributed by atoms with Crippen molar-refractivity contribution in [1.82, 2.24) is 9.88 Å². The number of nitrogens with zero attached hydrogens (tertiary/aromatic N) is 2. The minimum Gasteiger partial charge on any atom is -0.325 e. The van der Waals surface area contributed by atoms with E-state index in [4.69, 9.17) is 0 Å². The van der Waals surface area contributed by atoms with E-state index in [0.29, 0.717) is 17.2 Å². The summed E-state index contributed by atoms with van der Waals surface area (Å²) in [5, 5.41) is 5.01. The minimum atomic E-state index is -0.226. The van der Waals surface area contributed by atoms with Crippen LogP contribution in [0.1, 0.15) is 15.9 Å². The predicted molar refractivity (Wildman–Crippen MR) is 71.9 cm³/mol. The van der Waals surface area contributed by atoms with E-state index >= 15 is 0 Å². The number of thiazole rings is 1. The fourth-order valence-corrected chi connectivity index (χ4v) is 2.60. The maximum Gasteiger partial charge on any atom is 0.254 e. The summed E-state index contributed by atoms with van der Waals surface area (Å²) in [6, 6.07) is 7.42. The first-order chi connectivity index (χ1) is 9.24. The average molecular weight is 273 g/mol. The van der Waals surface area contributed by atoms with E-state index in [2.05, 4.69) is 10.3 Å². The lowest BCUT2D eigenvalue weighted by atomic mass is 10.1. The van der Waals surface area contributed by atoms with Crippen LogP contribution in [0.5, 0.6) is 0 Å². The monoisotopic (exact) mass is 273 g/mol. The van der Waals surface area contributed by atoms with E-state index in [9.17, 15) is 9.59 Å². The SMILES string of the molecule is O=C(CN1Cc2ccccc2C1=O)Nc1nccs1. The van der Waals surface area contributed by atoms with Crippen molar-refractivity contribution in [2.24, 2.45) is 0 Å². The van der Waals surface area contributed by atoms with Gasteiger partial charge in [-0.3, -0.25) is 9.59 Å². The van der Waals surface area contributed by atoms with Crippen LogP contribution in [0.15, 0.2) is 35.8 Å². The number of aromatic nitrogens is 1. The lowest BCUT2D eigenvalue weighted by molar-refractivity contribution is -0.116. The number of fused-ring (bicyclic) bond motifs is 1. The Morgan fingerprint density at radius 1 is 1.42 bits per heavy atom. The van der Waals surface area contributed by atoms with Gasteiger partial charge in [0.25, 0.3) is 5.91 Å². The van der Waals surface area contributed by atoms with E-state index in [1.54, 1.807) is 17.6 Å². The Kier molecular flexibility index (Phi) is 3.00. The number of rotatable bonds is 3. The van der Waals surface area contributed by atoms with E-state index in [0.717, 1.165) is 5.56 Å². The maximum absolute atomic E-state index is 12.1. The number of carbonyl (C=O) groups is 2. The van der Waals surface area contributed by atoms with Gasteiger partial charge in [0.2, 0.25) is 5.91 Å². The van der Waals surface area contributed by atoms with Crippen LogP contribution in [0, 0.1) is 0 Å². The standard InChI is InChI=1S/C13H11N3O2S/c17-11(15-13-14-5-6-19-13)8-16-7-9-3-1-2-4-10(9)12(16)18/h1-6H,7-8H2,(H,14,15,17). The number of nitrogens with one attached hydrogen (secondary N) is 1. The van der Waals surface area contributed by atoms with Crippen molar-refractivity contribution >= 4 is 28.3 Å². The largest absolute Gasteiger partial charge is 0.325 e. The lowest BCUT2D eigenvalue weighted by Gasteiger charge is -2.14. The van der Waals surface area contributed by atoms with Crippen molar-refractivity contribution in [1.29, 1.82) is 0 Å². The van der Waals surface area contributed by atoms with Crippen molar-refractivity contribution in [2.75, 3.05) is 11.9 Å². The van der Waals surface area contributed by atoms with Gasteiger partial charge in [0.05, 0.1) is 0 Å². The molecule has 1 aliphatic heterocycles. The molecular weight excluding hydrogens is 262 g/mol. The smallest absolute Gasteiger partial charge is 0.254 e. The molecule has 1 aliphatic rings. The first-order valence-electron chi connectivity index (χ1n) is 5.80. The average Bonchev–Trinajstić information content (AvgIpc) is 3.00.